The van der Waals surface area contributed by atoms with Gasteiger partial charge in [0.05, 0.1) is 13.2 Å². The zero-order chi connectivity index (χ0) is 20.8. The first-order valence-corrected chi connectivity index (χ1v) is 9.83. The normalized spacial score (nSPS) is 11.6. The molecule has 0 aliphatic rings. The standard InChI is InChI=1S/C23H21Cl2NO3/c1-15(16-6-9-19(24)10-7-16)26-23(27)17-8-11-22(28-2)18(12-17)14-29-21-5-3-4-20(25)13-21/h3-13,15H,14H2,1-2H3,(H,26,27)/t15-/m1/s1. The first kappa shape index (κ1) is 21.0. The van der Waals surface area contributed by atoms with Crippen LogP contribution in [0.4, 0.5) is 0 Å². The van der Waals surface area contributed by atoms with Gasteiger partial charge >= 0.3 is 0 Å². The van der Waals surface area contributed by atoms with Gasteiger partial charge in [0.1, 0.15) is 18.1 Å². The van der Waals surface area contributed by atoms with Crippen LogP contribution in [-0.2, 0) is 6.61 Å². The topological polar surface area (TPSA) is 47.6 Å². The van der Waals surface area contributed by atoms with E-state index in [1.54, 1.807) is 49.6 Å². The van der Waals surface area contributed by atoms with Crippen molar-refractivity contribution in [3.8, 4) is 11.5 Å². The van der Waals surface area contributed by atoms with E-state index in [1.807, 2.05) is 31.2 Å². The molecule has 0 aromatic heterocycles. The summed E-state index contributed by atoms with van der Waals surface area (Å²) in [5, 5.41) is 4.25. The van der Waals surface area contributed by atoms with E-state index in [-0.39, 0.29) is 18.6 Å². The average Bonchev–Trinajstić information content (AvgIpc) is 2.72. The van der Waals surface area contributed by atoms with Crippen molar-refractivity contribution in [3.05, 3.63) is 93.5 Å². The molecule has 0 heterocycles. The summed E-state index contributed by atoms with van der Waals surface area (Å²) in [5.74, 6) is 1.11. The minimum Gasteiger partial charge on any atom is -0.496 e. The molecule has 0 fully saturated rings. The van der Waals surface area contributed by atoms with E-state index in [4.69, 9.17) is 32.7 Å². The maximum atomic E-state index is 12.7. The molecule has 0 unspecified atom stereocenters. The Balaban J connectivity index is 1.72. The van der Waals surface area contributed by atoms with E-state index in [2.05, 4.69) is 5.32 Å². The Morgan fingerprint density at radius 3 is 2.45 bits per heavy atom. The maximum Gasteiger partial charge on any atom is 0.251 e. The fraction of sp³-hybridized carbons (Fsp3) is 0.174. The third-order valence-electron chi connectivity index (χ3n) is 4.45. The highest BCUT2D eigenvalue weighted by molar-refractivity contribution is 6.30. The molecule has 3 aromatic carbocycles. The smallest absolute Gasteiger partial charge is 0.251 e. The molecule has 1 atom stereocenters. The second-order valence-corrected chi connectivity index (χ2v) is 7.39. The van der Waals surface area contributed by atoms with Gasteiger partial charge in [-0.3, -0.25) is 4.79 Å². The molecule has 6 heteroatoms. The monoisotopic (exact) mass is 429 g/mol. The molecule has 0 bridgehead atoms. The second-order valence-electron chi connectivity index (χ2n) is 6.52. The van der Waals surface area contributed by atoms with Gasteiger partial charge in [-0.25, -0.2) is 0 Å². The van der Waals surface area contributed by atoms with Crippen LogP contribution in [0.15, 0.2) is 66.7 Å². The number of halogens is 2. The van der Waals surface area contributed by atoms with Crippen molar-refractivity contribution in [2.24, 2.45) is 0 Å². The van der Waals surface area contributed by atoms with Gasteiger partial charge in [0.15, 0.2) is 0 Å². The molecule has 0 spiro atoms. The van der Waals surface area contributed by atoms with Gasteiger partial charge in [0.2, 0.25) is 0 Å². The van der Waals surface area contributed by atoms with Crippen LogP contribution >= 0.6 is 23.2 Å². The molecular formula is C23H21Cl2NO3. The van der Waals surface area contributed by atoms with Gasteiger partial charge in [-0.05, 0) is 61.0 Å². The van der Waals surface area contributed by atoms with Gasteiger partial charge in [0, 0.05) is 21.2 Å². The number of ether oxygens (including phenoxy) is 2. The van der Waals surface area contributed by atoms with E-state index in [9.17, 15) is 4.79 Å². The Morgan fingerprint density at radius 1 is 1.00 bits per heavy atom. The van der Waals surface area contributed by atoms with Crippen LogP contribution in [-0.4, -0.2) is 13.0 Å². The number of hydrogen-bond acceptors (Lipinski definition) is 3. The van der Waals surface area contributed by atoms with Crippen LogP contribution in [0.5, 0.6) is 11.5 Å². The summed E-state index contributed by atoms with van der Waals surface area (Å²) in [6.45, 7) is 2.17. The van der Waals surface area contributed by atoms with Crippen LogP contribution in [0.1, 0.15) is 34.5 Å². The Bertz CT molecular complexity index is 990. The number of hydrogen-bond donors (Lipinski definition) is 1. The third kappa shape index (κ3) is 5.66. The second kappa shape index (κ2) is 9.68. The summed E-state index contributed by atoms with van der Waals surface area (Å²) in [5.41, 5.74) is 2.26. The van der Waals surface area contributed by atoms with Crippen molar-refractivity contribution in [2.45, 2.75) is 19.6 Å². The molecule has 0 saturated heterocycles. The Hall–Kier alpha value is -2.69. The fourth-order valence-electron chi connectivity index (χ4n) is 2.87. The molecule has 0 aliphatic carbocycles. The third-order valence-corrected chi connectivity index (χ3v) is 4.94. The highest BCUT2D eigenvalue weighted by Gasteiger charge is 2.14. The summed E-state index contributed by atoms with van der Waals surface area (Å²) in [7, 11) is 1.58. The van der Waals surface area contributed by atoms with Crippen molar-refractivity contribution < 1.29 is 14.3 Å². The summed E-state index contributed by atoms with van der Waals surface area (Å²) >= 11 is 11.9. The van der Waals surface area contributed by atoms with Gasteiger partial charge in [0.25, 0.3) is 5.91 Å². The number of carbonyl (C=O) groups is 1. The van der Waals surface area contributed by atoms with Crippen LogP contribution in [0, 0.1) is 0 Å². The number of benzene rings is 3. The molecule has 3 aromatic rings. The predicted octanol–water partition coefficient (Wildman–Crippen LogP) is 6.07. The van der Waals surface area contributed by atoms with E-state index < -0.39 is 0 Å². The minimum absolute atomic E-state index is 0.159. The fourth-order valence-corrected chi connectivity index (χ4v) is 3.17. The molecule has 0 radical (unpaired) electrons. The summed E-state index contributed by atoms with van der Waals surface area (Å²) in [6.07, 6.45) is 0. The number of nitrogens with one attached hydrogen (secondary N) is 1. The van der Waals surface area contributed by atoms with Gasteiger partial charge in [-0.1, -0.05) is 41.4 Å². The lowest BCUT2D eigenvalue weighted by Crippen LogP contribution is -2.26. The highest BCUT2D eigenvalue weighted by atomic mass is 35.5. The SMILES string of the molecule is COc1ccc(C(=O)N[C@H](C)c2ccc(Cl)cc2)cc1COc1cccc(Cl)c1. The number of rotatable bonds is 7. The molecule has 1 N–H and O–H groups in total. The first-order valence-electron chi connectivity index (χ1n) is 9.08. The summed E-state index contributed by atoms with van der Waals surface area (Å²) in [6, 6.07) is 19.7. The van der Waals surface area contributed by atoms with Crippen molar-refractivity contribution in [1.82, 2.24) is 5.32 Å². The highest BCUT2D eigenvalue weighted by Crippen LogP contribution is 2.24. The lowest BCUT2D eigenvalue weighted by molar-refractivity contribution is 0.0939. The van der Waals surface area contributed by atoms with Crippen LogP contribution in [0.25, 0.3) is 0 Å². The number of amides is 1. The number of carbonyl (C=O) groups excluding carboxylic acids is 1. The van der Waals surface area contributed by atoms with E-state index in [1.165, 1.54) is 0 Å². The molecule has 0 saturated carbocycles. The molecular weight excluding hydrogens is 409 g/mol. The molecule has 1 amide bonds. The lowest BCUT2D eigenvalue weighted by Gasteiger charge is -2.16. The Labute approximate surface area is 180 Å². The summed E-state index contributed by atoms with van der Waals surface area (Å²) in [4.78, 5) is 12.7. The molecule has 4 nitrogen and oxygen atoms in total. The summed E-state index contributed by atoms with van der Waals surface area (Å²) < 4.78 is 11.2. The van der Waals surface area contributed by atoms with Crippen LogP contribution in [0.2, 0.25) is 10.0 Å². The van der Waals surface area contributed by atoms with Gasteiger partial charge in [-0.15, -0.1) is 0 Å². The quantitative estimate of drug-likeness (QED) is 0.495. The van der Waals surface area contributed by atoms with Gasteiger partial charge < -0.3 is 14.8 Å². The Kier molecular flexibility index (Phi) is 7.02. The lowest BCUT2D eigenvalue weighted by atomic mass is 10.1. The largest absolute Gasteiger partial charge is 0.496 e. The predicted molar refractivity (Wildman–Crippen MR) is 116 cm³/mol. The zero-order valence-corrected chi connectivity index (χ0v) is 17.6. The Morgan fingerprint density at radius 2 is 1.76 bits per heavy atom. The minimum atomic E-state index is -0.181. The average molecular weight is 430 g/mol. The van der Waals surface area contributed by atoms with E-state index >= 15 is 0 Å². The van der Waals surface area contributed by atoms with E-state index in [0.29, 0.717) is 27.1 Å². The first-order chi connectivity index (χ1) is 14.0. The van der Waals surface area contributed by atoms with Crippen molar-refractivity contribution in [3.63, 3.8) is 0 Å². The van der Waals surface area contributed by atoms with Crippen LogP contribution < -0.4 is 14.8 Å². The molecule has 150 valence electrons. The molecule has 0 aliphatic heterocycles. The van der Waals surface area contributed by atoms with Crippen molar-refractivity contribution >= 4 is 29.1 Å². The van der Waals surface area contributed by atoms with Crippen molar-refractivity contribution in [2.75, 3.05) is 7.11 Å². The molecule has 29 heavy (non-hydrogen) atoms. The molecule has 3 rings (SSSR count). The zero-order valence-electron chi connectivity index (χ0n) is 16.1. The van der Waals surface area contributed by atoms with Gasteiger partial charge in [-0.2, -0.15) is 0 Å². The van der Waals surface area contributed by atoms with E-state index in [0.717, 1.165) is 11.1 Å². The van der Waals surface area contributed by atoms with Crippen molar-refractivity contribution in [1.29, 1.82) is 0 Å². The number of methoxy groups -OCH3 is 1. The van der Waals surface area contributed by atoms with Crippen LogP contribution in [0.3, 0.4) is 0 Å². The maximum absolute atomic E-state index is 12.7.